The number of aromatic nitrogens is 1. The van der Waals surface area contributed by atoms with E-state index in [9.17, 15) is 9.90 Å². The van der Waals surface area contributed by atoms with Crippen molar-refractivity contribution in [3.63, 3.8) is 0 Å². The molecule has 0 unspecified atom stereocenters. The van der Waals surface area contributed by atoms with E-state index in [0.717, 1.165) is 22.6 Å². The van der Waals surface area contributed by atoms with Gasteiger partial charge in [-0.1, -0.05) is 11.6 Å². The first-order chi connectivity index (χ1) is 8.43. The van der Waals surface area contributed by atoms with E-state index in [1.165, 1.54) is 0 Å². The lowest BCUT2D eigenvalue weighted by atomic mass is 10.1. The Labute approximate surface area is 111 Å². The van der Waals surface area contributed by atoms with Gasteiger partial charge in [-0.3, -0.25) is 0 Å². The third kappa shape index (κ3) is 1.91. The molecule has 3 nitrogen and oxygen atoms in total. The predicted molar refractivity (Wildman–Crippen MR) is 71.9 cm³/mol. The van der Waals surface area contributed by atoms with Crippen LogP contribution in [0.15, 0.2) is 24.3 Å². The topological polar surface area (TPSA) is 42.2 Å². The SMILES string of the molecule is Cc1c(C(=O)O)c(C)n(-c2ccc(Cl)cc2)c1C. The number of aromatic carboxylic acids is 1. The Balaban J connectivity index is 2.69. The van der Waals surface area contributed by atoms with Crippen LogP contribution in [0.4, 0.5) is 0 Å². The van der Waals surface area contributed by atoms with Gasteiger partial charge in [0, 0.05) is 22.1 Å². The highest BCUT2D eigenvalue weighted by Crippen LogP contribution is 2.26. The summed E-state index contributed by atoms with van der Waals surface area (Å²) < 4.78 is 1.94. The Morgan fingerprint density at radius 2 is 1.67 bits per heavy atom. The van der Waals surface area contributed by atoms with Gasteiger partial charge in [0.25, 0.3) is 0 Å². The summed E-state index contributed by atoms with van der Waals surface area (Å²) in [5.74, 6) is -0.888. The molecule has 4 heteroatoms. The minimum atomic E-state index is -0.888. The molecular weight excluding hydrogens is 250 g/mol. The quantitative estimate of drug-likeness (QED) is 0.897. The van der Waals surface area contributed by atoms with Crippen LogP contribution in [-0.4, -0.2) is 15.6 Å². The second kappa shape index (κ2) is 4.50. The Morgan fingerprint density at radius 3 is 2.11 bits per heavy atom. The second-order valence-corrected chi connectivity index (χ2v) is 4.72. The smallest absolute Gasteiger partial charge is 0.337 e. The van der Waals surface area contributed by atoms with Crippen molar-refractivity contribution in [1.29, 1.82) is 0 Å². The molecule has 0 bridgehead atoms. The third-order valence-corrected chi connectivity index (χ3v) is 3.50. The van der Waals surface area contributed by atoms with Crippen LogP contribution < -0.4 is 0 Å². The Bertz CT molecular complexity index is 612. The van der Waals surface area contributed by atoms with Crippen molar-refractivity contribution in [2.75, 3.05) is 0 Å². The summed E-state index contributed by atoms with van der Waals surface area (Å²) in [5.41, 5.74) is 3.77. The molecule has 94 valence electrons. The van der Waals surface area contributed by atoms with Gasteiger partial charge in [-0.25, -0.2) is 4.79 Å². The summed E-state index contributed by atoms with van der Waals surface area (Å²) in [4.78, 5) is 11.3. The summed E-state index contributed by atoms with van der Waals surface area (Å²) >= 11 is 5.86. The molecule has 1 heterocycles. The third-order valence-electron chi connectivity index (χ3n) is 3.25. The molecule has 1 aromatic carbocycles. The normalized spacial score (nSPS) is 10.7. The molecule has 1 aromatic heterocycles. The van der Waals surface area contributed by atoms with E-state index < -0.39 is 5.97 Å². The number of nitrogens with zero attached hydrogens (tertiary/aromatic N) is 1. The minimum Gasteiger partial charge on any atom is -0.478 e. The molecule has 2 aromatic rings. The molecule has 18 heavy (non-hydrogen) atoms. The summed E-state index contributed by atoms with van der Waals surface area (Å²) in [6.07, 6.45) is 0. The zero-order valence-electron chi connectivity index (χ0n) is 10.5. The molecule has 0 radical (unpaired) electrons. The fourth-order valence-corrected chi connectivity index (χ4v) is 2.40. The molecule has 0 aliphatic carbocycles. The summed E-state index contributed by atoms with van der Waals surface area (Å²) in [5, 5.41) is 9.90. The van der Waals surface area contributed by atoms with Gasteiger partial charge in [-0.15, -0.1) is 0 Å². The number of halogens is 1. The van der Waals surface area contributed by atoms with Crippen LogP contribution >= 0.6 is 11.6 Å². The van der Waals surface area contributed by atoms with E-state index in [0.29, 0.717) is 10.6 Å². The van der Waals surface area contributed by atoms with Crippen molar-refractivity contribution in [1.82, 2.24) is 4.57 Å². The van der Waals surface area contributed by atoms with Crippen LogP contribution in [0.2, 0.25) is 5.02 Å². The fraction of sp³-hybridized carbons (Fsp3) is 0.214. The second-order valence-electron chi connectivity index (χ2n) is 4.29. The van der Waals surface area contributed by atoms with Crippen molar-refractivity contribution in [2.24, 2.45) is 0 Å². The number of carboxylic acid groups (broad SMARTS) is 1. The van der Waals surface area contributed by atoms with Gasteiger partial charge in [0.1, 0.15) is 0 Å². The Kier molecular flexibility index (Phi) is 3.18. The Hall–Kier alpha value is -1.74. The summed E-state index contributed by atoms with van der Waals surface area (Å²) in [7, 11) is 0. The van der Waals surface area contributed by atoms with E-state index in [1.807, 2.05) is 37.5 Å². The molecule has 0 amide bonds. The first kappa shape index (κ1) is 12.7. The van der Waals surface area contributed by atoms with E-state index in [-0.39, 0.29) is 0 Å². The van der Waals surface area contributed by atoms with Crippen molar-refractivity contribution < 1.29 is 9.90 Å². The van der Waals surface area contributed by atoms with Crippen molar-refractivity contribution in [3.05, 3.63) is 51.8 Å². The van der Waals surface area contributed by atoms with E-state index in [2.05, 4.69) is 0 Å². The highest BCUT2D eigenvalue weighted by Gasteiger charge is 2.20. The molecule has 1 N–H and O–H groups in total. The van der Waals surface area contributed by atoms with Crippen LogP contribution in [0.25, 0.3) is 5.69 Å². The molecule has 0 aliphatic rings. The maximum Gasteiger partial charge on any atom is 0.337 e. The first-order valence-corrected chi connectivity index (χ1v) is 5.99. The minimum absolute atomic E-state index is 0.377. The van der Waals surface area contributed by atoms with Gasteiger partial charge in [0.2, 0.25) is 0 Å². The van der Waals surface area contributed by atoms with Crippen LogP contribution in [0.5, 0.6) is 0 Å². The summed E-state index contributed by atoms with van der Waals surface area (Å²) in [6.45, 7) is 5.57. The molecule has 0 saturated heterocycles. The standard InChI is InChI=1S/C14H14ClNO2/c1-8-9(2)16(10(3)13(8)14(17)18)12-6-4-11(15)5-7-12/h4-7H,1-3H3,(H,17,18). The highest BCUT2D eigenvalue weighted by molar-refractivity contribution is 6.30. The number of hydrogen-bond donors (Lipinski definition) is 1. The van der Waals surface area contributed by atoms with Crippen LogP contribution in [-0.2, 0) is 0 Å². The van der Waals surface area contributed by atoms with Crippen LogP contribution in [0, 0.1) is 20.8 Å². The maximum absolute atomic E-state index is 11.3. The lowest BCUT2D eigenvalue weighted by molar-refractivity contribution is 0.0695. The lowest BCUT2D eigenvalue weighted by Crippen LogP contribution is -2.02. The van der Waals surface area contributed by atoms with Gasteiger partial charge in [-0.2, -0.15) is 0 Å². The maximum atomic E-state index is 11.3. The highest BCUT2D eigenvalue weighted by atomic mass is 35.5. The van der Waals surface area contributed by atoms with Gasteiger partial charge in [0.15, 0.2) is 0 Å². The zero-order valence-corrected chi connectivity index (χ0v) is 11.2. The van der Waals surface area contributed by atoms with Crippen molar-refractivity contribution in [3.8, 4) is 5.69 Å². The number of rotatable bonds is 2. The average Bonchev–Trinajstić information content (AvgIpc) is 2.52. The van der Waals surface area contributed by atoms with Crippen molar-refractivity contribution in [2.45, 2.75) is 20.8 Å². The molecule has 0 atom stereocenters. The number of carbonyl (C=O) groups is 1. The molecule has 0 saturated carbocycles. The van der Waals surface area contributed by atoms with Gasteiger partial charge in [-0.05, 0) is 50.6 Å². The van der Waals surface area contributed by atoms with Crippen LogP contribution in [0.1, 0.15) is 27.3 Å². The van der Waals surface area contributed by atoms with Gasteiger partial charge < -0.3 is 9.67 Å². The molecule has 2 rings (SSSR count). The molecule has 0 spiro atoms. The van der Waals surface area contributed by atoms with E-state index in [1.54, 1.807) is 12.1 Å². The number of benzene rings is 1. The van der Waals surface area contributed by atoms with Crippen molar-refractivity contribution >= 4 is 17.6 Å². The first-order valence-electron chi connectivity index (χ1n) is 5.61. The zero-order chi connectivity index (χ0) is 13.4. The largest absolute Gasteiger partial charge is 0.478 e. The van der Waals surface area contributed by atoms with Crippen LogP contribution in [0.3, 0.4) is 0 Å². The summed E-state index contributed by atoms with van der Waals surface area (Å²) in [6, 6.07) is 7.36. The van der Waals surface area contributed by atoms with E-state index in [4.69, 9.17) is 11.6 Å². The van der Waals surface area contributed by atoms with E-state index >= 15 is 0 Å². The number of carboxylic acids is 1. The molecule has 0 aliphatic heterocycles. The Morgan fingerprint density at radius 1 is 1.11 bits per heavy atom. The monoisotopic (exact) mass is 263 g/mol. The molecule has 0 fully saturated rings. The lowest BCUT2D eigenvalue weighted by Gasteiger charge is -2.09. The fourth-order valence-electron chi connectivity index (χ4n) is 2.28. The van der Waals surface area contributed by atoms with Gasteiger partial charge >= 0.3 is 5.97 Å². The predicted octanol–water partition coefficient (Wildman–Crippen LogP) is 3.75. The van der Waals surface area contributed by atoms with Gasteiger partial charge in [0.05, 0.1) is 5.56 Å². The average molecular weight is 264 g/mol. The number of hydrogen-bond acceptors (Lipinski definition) is 1. The molecular formula is C14H14ClNO2.